The molecule has 2 heterocycles. The van der Waals surface area contributed by atoms with Gasteiger partial charge in [0.05, 0.1) is 19.1 Å². The Hall–Kier alpha value is -0.610. The van der Waals surface area contributed by atoms with Crippen molar-refractivity contribution < 1.29 is 19.4 Å². The van der Waals surface area contributed by atoms with Crippen molar-refractivity contribution in [3.8, 4) is 0 Å². The van der Waals surface area contributed by atoms with Crippen LogP contribution in [0.5, 0.6) is 0 Å². The van der Waals surface area contributed by atoms with Gasteiger partial charge in [0.15, 0.2) is 6.29 Å². The minimum absolute atomic E-state index is 0.0903. The van der Waals surface area contributed by atoms with Crippen LogP contribution in [0.15, 0.2) is 0 Å². The maximum absolute atomic E-state index is 10.6. The lowest BCUT2D eigenvalue weighted by Crippen LogP contribution is -2.22. The number of hydrogen-bond acceptors (Lipinski definition) is 3. The van der Waals surface area contributed by atoms with Crippen molar-refractivity contribution in [3.63, 3.8) is 0 Å². The molecule has 0 bridgehead atoms. The fourth-order valence-electron chi connectivity index (χ4n) is 1.72. The van der Waals surface area contributed by atoms with Crippen LogP contribution in [0.2, 0.25) is 0 Å². The topological polar surface area (TPSA) is 55.8 Å². The molecule has 3 atom stereocenters. The van der Waals surface area contributed by atoms with Crippen molar-refractivity contribution in [2.75, 3.05) is 13.2 Å². The minimum atomic E-state index is -0.761. The Bertz CT molecular complexity index is 179. The molecule has 0 aromatic carbocycles. The molecule has 0 aliphatic carbocycles. The molecule has 0 unspecified atom stereocenters. The Morgan fingerprint density at radius 3 is 3.00 bits per heavy atom. The molecule has 4 nitrogen and oxygen atoms in total. The summed E-state index contributed by atoms with van der Waals surface area (Å²) in [4.78, 5) is 10.6. The Morgan fingerprint density at radius 2 is 2.27 bits per heavy atom. The summed E-state index contributed by atoms with van der Waals surface area (Å²) in [6.45, 7) is 0.948. The van der Waals surface area contributed by atoms with Crippen LogP contribution < -0.4 is 0 Å². The summed E-state index contributed by atoms with van der Waals surface area (Å²) in [5, 5.41) is 8.72. The third-order valence-corrected chi connectivity index (χ3v) is 2.36. The average molecular weight is 158 g/mol. The van der Waals surface area contributed by atoms with E-state index < -0.39 is 5.97 Å². The number of fused-ring (bicyclic) bond motifs is 1. The van der Waals surface area contributed by atoms with Crippen molar-refractivity contribution >= 4 is 5.97 Å². The summed E-state index contributed by atoms with van der Waals surface area (Å²) in [6, 6.07) is 0. The van der Waals surface area contributed by atoms with E-state index in [0.717, 1.165) is 6.42 Å². The van der Waals surface area contributed by atoms with Crippen LogP contribution in [-0.4, -0.2) is 30.6 Å². The second-order valence-electron chi connectivity index (χ2n) is 2.97. The molecule has 0 saturated carbocycles. The largest absolute Gasteiger partial charge is 0.481 e. The monoisotopic (exact) mass is 158 g/mol. The van der Waals surface area contributed by atoms with Gasteiger partial charge in [0.2, 0.25) is 0 Å². The lowest BCUT2D eigenvalue weighted by molar-refractivity contribution is -0.142. The van der Waals surface area contributed by atoms with Crippen LogP contribution in [0.25, 0.3) is 0 Å². The predicted octanol–water partition coefficient (Wildman–Crippen LogP) is 0.0800. The summed E-state index contributed by atoms with van der Waals surface area (Å²) < 4.78 is 10.3. The summed E-state index contributed by atoms with van der Waals surface area (Å²) in [7, 11) is 0. The second kappa shape index (κ2) is 2.46. The smallest absolute Gasteiger partial charge is 0.309 e. The van der Waals surface area contributed by atoms with Crippen molar-refractivity contribution in [1.29, 1.82) is 0 Å². The highest BCUT2D eigenvalue weighted by molar-refractivity contribution is 5.71. The molecule has 0 aromatic heterocycles. The molecule has 2 aliphatic heterocycles. The van der Waals surface area contributed by atoms with Crippen LogP contribution in [-0.2, 0) is 14.3 Å². The summed E-state index contributed by atoms with van der Waals surface area (Å²) in [5.41, 5.74) is 0. The Balaban J connectivity index is 2.08. The van der Waals surface area contributed by atoms with E-state index in [9.17, 15) is 4.79 Å². The van der Waals surface area contributed by atoms with Crippen LogP contribution in [0.4, 0.5) is 0 Å². The highest BCUT2D eigenvalue weighted by Crippen LogP contribution is 2.35. The van der Waals surface area contributed by atoms with Crippen LogP contribution in [0.1, 0.15) is 6.42 Å². The van der Waals surface area contributed by atoms with E-state index in [-0.39, 0.29) is 18.1 Å². The predicted molar refractivity (Wildman–Crippen MR) is 34.9 cm³/mol. The SMILES string of the molecule is O=C(O)[C@@H]1CO[C@H]2OCC[C@H]21. The van der Waals surface area contributed by atoms with Gasteiger partial charge in [0.25, 0.3) is 0 Å². The first kappa shape index (κ1) is 7.06. The van der Waals surface area contributed by atoms with Crippen molar-refractivity contribution in [2.45, 2.75) is 12.7 Å². The van der Waals surface area contributed by atoms with Crippen molar-refractivity contribution in [3.05, 3.63) is 0 Å². The highest BCUT2D eigenvalue weighted by Gasteiger charge is 2.45. The molecule has 2 saturated heterocycles. The first-order valence-corrected chi connectivity index (χ1v) is 3.75. The lowest BCUT2D eigenvalue weighted by Gasteiger charge is -2.08. The second-order valence-corrected chi connectivity index (χ2v) is 2.97. The first-order chi connectivity index (χ1) is 5.29. The molecule has 0 spiro atoms. The number of hydrogen-bond donors (Lipinski definition) is 1. The number of aliphatic carboxylic acids is 1. The first-order valence-electron chi connectivity index (χ1n) is 3.75. The fraction of sp³-hybridized carbons (Fsp3) is 0.857. The zero-order valence-electron chi connectivity index (χ0n) is 6.03. The molecule has 2 aliphatic rings. The summed E-state index contributed by atoms with van der Waals surface area (Å²) >= 11 is 0. The van der Waals surface area contributed by atoms with Gasteiger partial charge in [0.1, 0.15) is 0 Å². The fourth-order valence-corrected chi connectivity index (χ4v) is 1.72. The van der Waals surface area contributed by atoms with Gasteiger partial charge in [-0.2, -0.15) is 0 Å². The maximum Gasteiger partial charge on any atom is 0.309 e. The van der Waals surface area contributed by atoms with E-state index in [1.54, 1.807) is 0 Å². The van der Waals surface area contributed by atoms with E-state index in [2.05, 4.69) is 0 Å². The molecule has 4 heteroatoms. The van der Waals surface area contributed by atoms with E-state index in [1.807, 2.05) is 0 Å². The highest BCUT2D eigenvalue weighted by atomic mass is 16.7. The normalized spacial score (nSPS) is 42.4. The molecule has 2 rings (SSSR count). The van der Waals surface area contributed by atoms with E-state index >= 15 is 0 Å². The Morgan fingerprint density at radius 1 is 1.45 bits per heavy atom. The van der Waals surface area contributed by atoms with Gasteiger partial charge in [0, 0.05) is 5.92 Å². The molecule has 0 aromatic rings. The maximum atomic E-state index is 10.6. The lowest BCUT2D eigenvalue weighted by atomic mass is 9.94. The van der Waals surface area contributed by atoms with Crippen LogP contribution in [0.3, 0.4) is 0 Å². The van der Waals surface area contributed by atoms with Crippen LogP contribution >= 0.6 is 0 Å². The summed E-state index contributed by atoms with van der Waals surface area (Å²) in [5.74, 6) is -1.02. The quantitative estimate of drug-likeness (QED) is 0.587. The zero-order chi connectivity index (χ0) is 7.84. The molecule has 0 radical (unpaired) electrons. The van der Waals surface area contributed by atoms with Crippen LogP contribution in [0, 0.1) is 11.8 Å². The average Bonchev–Trinajstić information content (AvgIpc) is 2.41. The third-order valence-electron chi connectivity index (χ3n) is 2.36. The molecule has 2 fully saturated rings. The van der Waals surface area contributed by atoms with Crippen molar-refractivity contribution in [2.24, 2.45) is 11.8 Å². The molecule has 1 N–H and O–H groups in total. The van der Waals surface area contributed by atoms with E-state index in [4.69, 9.17) is 14.6 Å². The molecule has 0 amide bonds. The summed E-state index contributed by atoms with van der Waals surface area (Å²) in [6.07, 6.45) is 0.581. The standard InChI is InChI=1S/C7H10O4/c8-6(9)5-3-11-7-4(5)1-2-10-7/h4-5,7H,1-3H2,(H,8,9)/t4-,5+,7+/m0/s1. The van der Waals surface area contributed by atoms with E-state index in [0.29, 0.717) is 13.2 Å². The van der Waals surface area contributed by atoms with Gasteiger partial charge in [-0.05, 0) is 6.42 Å². The molecular weight excluding hydrogens is 148 g/mol. The third kappa shape index (κ3) is 1.02. The van der Waals surface area contributed by atoms with Gasteiger partial charge < -0.3 is 14.6 Å². The molecule has 62 valence electrons. The molecular formula is C7H10O4. The Labute approximate surface area is 64.1 Å². The number of ether oxygens (including phenoxy) is 2. The zero-order valence-corrected chi connectivity index (χ0v) is 6.03. The van der Waals surface area contributed by atoms with Gasteiger partial charge in [-0.25, -0.2) is 0 Å². The minimum Gasteiger partial charge on any atom is -0.481 e. The molecule has 11 heavy (non-hydrogen) atoms. The van der Waals surface area contributed by atoms with E-state index in [1.165, 1.54) is 0 Å². The van der Waals surface area contributed by atoms with Gasteiger partial charge in [-0.15, -0.1) is 0 Å². The number of carboxylic acid groups (broad SMARTS) is 1. The number of carboxylic acids is 1. The number of rotatable bonds is 1. The Kier molecular flexibility index (Phi) is 1.58. The van der Waals surface area contributed by atoms with Gasteiger partial charge in [-0.1, -0.05) is 0 Å². The number of carbonyl (C=O) groups is 1. The van der Waals surface area contributed by atoms with Crippen molar-refractivity contribution in [1.82, 2.24) is 0 Å². The van der Waals surface area contributed by atoms with Gasteiger partial charge in [-0.3, -0.25) is 4.79 Å². The van der Waals surface area contributed by atoms with Gasteiger partial charge >= 0.3 is 5.97 Å².